The fourth-order valence-electron chi connectivity index (χ4n) is 2.65. The molecule has 0 bridgehead atoms. The topological polar surface area (TPSA) is 85.8 Å². The smallest absolute Gasteiger partial charge is 0.229 e. The molecule has 3 N–H and O–H groups in total. The van der Waals surface area contributed by atoms with Crippen LogP contribution in [0.1, 0.15) is 19.3 Å². The largest absolute Gasteiger partial charge is 0.327 e. The number of hydrogen-bond donors (Lipinski definition) is 2. The van der Waals surface area contributed by atoms with Crippen LogP contribution in [0.3, 0.4) is 0 Å². The zero-order valence-corrected chi connectivity index (χ0v) is 11.4. The number of hydrogen-bond acceptors (Lipinski definition) is 4. The molecule has 1 aliphatic carbocycles. The third-order valence-corrected chi connectivity index (χ3v) is 3.79. The number of carbonyl (C=O) groups excluding carboxylic acids is 1. The van der Waals surface area contributed by atoms with Gasteiger partial charge in [0.15, 0.2) is 5.82 Å². The van der Waals surface area contributed by atoms with Crippen LogP contribution in [0.2, 0.25) is 0 Å². The van der Waals surface area contributed by atoms with Gasteiger partial charge in [0.05, 0.1) is 5.92 Å². The van der Waals surface area contributed by atoms with Crippen molar-refractivity contribution in [3.63, 3.8) is 0 Å². The van der Waals surface area contributed by atoms with E-state index in [2.05, 4.69) is 15.4 Å². The molecule has 1 aliphatic rings. The molecule has 1 amide bonds. The van der Waals surface area contributed by atoms with Crippen molar-refractivity contribution in [2.24, 2.45) is 11.7 Å². The lowest BCUT2D eigenvalue weighted by atomic mass is 10.0. The molecule has 110 valence electrons. The summed E-state index contributed by atoms with van der Waals surface area (Å²) >= 11 is 0. The molecule has 7 heteroatoms. The molecule has 0 aliphatic heterocycles. The Morgan fingerprint density at radius 1 is 1.43 bits per heavy atom. The van der Waals surface area contributed by atoms with Crippen molar-refractivity contribution in [1.82, 2.24) is 14.8 Å². The van der Waals surface area contributed by atoms with Gasteiger partial charge in [0.25, 0.3) is 0 Å². The number of rotatable bonds is 3. The van der Waals surface area contributed by atoms with Gasteiger partial charge in [0.1, 0.15) is 18.3 Å². The molecular weight excluding hydrogens is 273 g/mol. The maximum atomic E-state index is 14.1. The Morgan fingerprint density at radius 2 is 2.29 bits per heavy atom. The molecule has 3 rings (SSSR count). The minimum atomic E-state index is -0.478. The number of nitrogens with two attached hydrogens (primary N) is 1. The number of nitrogens with zero attached hydrogens (tertiary/aromatic N) is 3. The average molecular weight is 289 g/mol. The Balaban J connectivity index is 1.75. The van der Waals surface area contributed by atoms with Crippen LogP contribution in [-0.2, 0) is 4.79 Å². The van der Waals surface area contributed by atoms with E-state index in [1.54, 1.807) is 12.1 Å². The van der Waals surface area contributed by atoms with Gasteiger partial charge < -0.3 is 11.1 Å². The number of halogens is 1. The normalized spacial score (nSPS) is 21.4. The number of benzene rings is 1. The van der Waals surface area contributed by atoms with Gasteiger partial charge in [-0.2, -0.15) is 5.10 Å². The Bertz CT molecular complexity index is 643. The summed E-state index contributed by atoms with van der Waals surface area (Å²) in [5.74, 6) is -0.815. The Hall–Kier alpha value is -2.28. The second-order valence-corrected chi connectivity index (χ2v) is 5.20. The van der Waals surface area contributed by atoms with Gasteiger partial charge in [0, 0.05) is 11.7 Å². The van der Waals surface area contributed by atoms with Crippen LogP contribution in [0.15, 0.2) is 30.9 Å². The predicted octanol–water partition coefficient (Wildman–Crippen LogP) is 1.47. The maximum absolute atomic E-state index is 14.1. The molecular formula is C14H16FN5O. The molecule has 6 nitrogen and oxygen atoms in total. The van der Waals surface area contributed by atoms with E-state index in [0.29, 0.717) is 5.69 Å². The molecule has 0 radical (unpaired) electrons. The van der Waals surface area contributed by atoms with E-state index in [4.69, 9.17) is 5.73 Å². The first-order valence-corrected chi connectivity index (χ1v) is 6.86. The fourth-order valence-corrected chi connectivity index (χ4v) is 2.65. The molecule has 1 aromatic carbocycles. The minimum absolute atomic E-state index is 0.107. The highest BCUT2D eigenvalue weighted by molar-refractivity contribution is 5.93. The standard InChI is InChI=1S/C14H16FN5O/c15-11-6-9(4-5-13(11)20-8-17-7-18-20)19-14(21)10-2-1-3-12(10)16/h4-8,10,12H,1-3,16H2,(H,19,21). The van der Waals surface area contributed by atoms with Gasteiger partial charge in [-0.1, -0.05) is 6.42 Å². The highest BCUT2D eigenvalue weighted by Crippen LogP contribution is 2.26. The number of aromatic nitrogens is 3. The molecule has 0 spiro atoms. The van der Waals surface area contributed by atoms with Crippen LogP contribution in [0.25, 0.3) is 5.69 Å². The summed E-state index contributed by atoms with van der Waals surface area (Å²) in [6, 6.07) is 4.35. The second kappa shape index (κ2) is 5.61. The van der Waals surface area contributed by atoms with Gasteiger partial charge in [-0.05, 0) is 31.0 Å². The number of amides is 1. The lowest BCUT2D eigenvalue weighted by Gasteiger charge is -2.15. The minimum Gasteiger partial charge on any atom is -0.327 e. The monoisotopic (exact) mass is 289 g/mol. The van der Waals surface area contributed by atoms with Crippen molar-refractivity contribution in [1.29, 1.82) is 0 Å². The molecule has 2 aromatic rings. The van der Waals surface area contributed by atoms with Crippen molar-refractivity contribution >= 4 is 11.6 Å². The Labute approximate surface area is 121 Å². The quantitative estimate of drug-likeness (QED) is 0.896. The summed E-state index contributed by atoms with van der Waals surface area (Å²) in [5.41, 5.74) is 6.60. The van der Waals surface area contributed by atoms with Crippen LogP contribution in [0.5, 0.6) is 0 Å². The van der Waals surface area contributed by atoms with E-state index in [9.17, 15) is 9.18 Å². The predicted molar refractivity (Wildman–Crippen MR) is 75.3 cm³/mol. The summed E-state index contributed by atoms with van der Waals surface area (Å²) in [6.45, 7) is 0. The van der Waals surface area contributed by atoms with Crippen molar-refractivity contribution in [3.8, 4) is 5.69 Å². The number of carbonyl (C=O) groups is 1. The summed E-state index contributed by atoms with van der Waals surface area (Å²) in [5, 5.41) is 6.60. The molecule has 2 atom stereocenters. The fraction of sp³-hybridized carbons (Fsp3) is 0.357. The molecule has 1 aromatic heterocycles. The zero-order valence-electron chi connectivity index (χ0n) is 11.4. The molecule has 2 unspecified atom stereocenters. The highest BCUT2D eigenvalue weighted by atomic mass is 19.1. The summed E-state index contributed by atoms with van der Waals surface area (Å²) < 4.78 is 15.4. The van der Waals surface area contributed by atoms with E-state index < -0.39 is 5.82 Å². The third-order valence-electron chi connectivity index (χ3n) is 3.79. The maximum Gasteiger partial charge on any atom is 0.229 e. The van der Waals surface area contributed by atoms with Gasteiger partial charge in [0.2, 0.25) is 5.91 Å². The number of nitrogens with one attached hydrogen (secondary N) is 1. The second-order valence-electron chi connectivity index (χ2n) is 5.20. The third kappa shape index (κ3) is 2.78. The molecule has 0 saturated heterocycles. The van der Waals surface area contributed by atoms with Gasteiger partial charge in [-0.25, -0.2) is 14.1 Å². The van der Waals surface area contributed by atoms with Crippen molar-refractivity contribution in [3.05, 3.63) is 36.7 Å². The lowest BCUT2D eigenvalue weighted by Crippen LogP contribution is -2.34. The van der Waals surface area contributed by atoms with Crippen LogP contribution < -0.4 is 11.1 Å². The van der Waals surface area contributed by atoms with Crippen LogP contribution in [0, 0.1) is 11.7 Å². The molecule has 21 heavy (non-hydrogen) atoms. The van der Waals surface area contributed by atoms with Crippen molar-refractivity contribution in [2.45, 2.75) is 25.3 Å². The van der Waals surface area contributed by atoms with Gasteiger partial charge >= 0.3 is 0 Å². The van der Waals surface area contributed by atoms with E-state index >= 15 is 0 Å². The van der Waals surface area contributed by atoms with E-state index in [0.717, 1.165) is 19.3 Å². The van der Waals surface area contributed by atoms with E-state index in [1.165, 1.54) is 23.4 Å². The SMILES string of the molecule is NC1CCCC1C(=O)Nc1ccc(-n2cncn2)c(F)c1. The summed E-state index contributed by atoms with van der Waals surface area (Å²) in [6.07, 6.45) is 5.34. The molecule has 1 saturated carbocycles. The van der Waals surface area contributed by atoms with Crippen molar-refractivity contribution < 1.29 is 9.18 Å². The van der Waals surface area contributed by atoms with Crippen molar-refractivity contribution in [2.75, 3.05) is 5.32 Å². The van der Waals surface area contributed by atoms with Crippen LogP contribution >= 0.6 is 0 Å². The van der Waals surface area contributed by atoms with Crippen LogP contribution in [-0.4, -0.2) is 26.7 Å². The van der Waals surface area contributed by atoms with E-state index in [1.807, 2.05) is 0 Å². The highest BCUT2D eigenvalue weighted by Gasteiger charge is 2.30. The average Bonchev–Trinajstić information content (AvgIpc) is 3.10. The van der Waals surface area contributed by atoms with Crippen LogP contribution in [0.4, 0.5) is 10.1 Å². The first-order valence-electron chi connectivity index (χ1n) is 6.86. The summed E-state index contributed by atoms with van der Waals surface area (Å²) in [7, 11) is 0. The molecule has 1 fully saturated rings. The van der Waals surface area contributed by atoms with Gasteiger partial charge in [-0.3, -0.25) is 4.79 Å². The first kappa shape index (κ1) is 13.7. The first-order chi connectivity index (χ1) is 10.1. The number of anilines is 1. The zero-order chi connectivity index (χ0) is 14.8. The molecule has 1 heterocycles. The Morgan fingerprint density at radius 3 is 2.90 bits per heavy atom. The lowest BCUT2D eigenvalue weighted by molar-refractivity contribution is -0.120. The Kier molecular flexibility index (Phi) is 3.66. The summed E-state index contributed by atoms with van der Waals surface area (Å²) in [4.78, 5) is 15.9. The van der Waals surface area contributed by atoms with Gasteiger partial charge in [-0.15, -0.1) is 0 Å². The van der Waals surface area contributed by atoms with E-state index in [-0.39, 0.29) is 23.6 Å².